The van der Waals surface area contributed by atoms with Crippen LogP contribution in [0.4, 0.5) is 11.6 Å². The van der Waals surface area contributed by atoms with E-state index in [-0.39, 0.29) is 5.56 Å². The second-order valence-electron chi connectivity index (χ2n) is 5.40. The van der Waals surface area contributed by atoms with Crippen molar-refractivity contribution in [1.29, 1.82) is 0 Å². The number of aromatic nitrogens is 4. The highest BCUT2D eigenvalue weighted by molar-refractivity contribution is 5.72. The van der Waals surface area contributed by atoms with Crippen LogP contribution < -0.4 is 15.6 Å². The normalized spacial score (nSPS) is 10.8. The fraction of sp³-hybridized carbons (Fsp3) is 0.0556. The van der Waals surface area contributed by atoms with Gasteiger partial charge in [0.15, 0.2) is 0 Å². The Morgan fingerprint density at radius 3 is 2.80 bits per heavy atom. The maximum atomic E-state index is 11.1. The van der Waals surface area contributed by atoms with Gasteiger partial charge in [-0.15, -0.1) is 5.10 Å². The van der Waals surface area contributed by atoms with Crippen LogP contribution >= 0.6 is 0 Å². The predicted octanol–water partition coefficient (Wildman–Crippen LogP) is 2.84. The van der Waals surface area contributed by atoms with Crippen LogP contribution in [0, 0.1) is 0 Å². The van der Waals surface area contributed by atoms with E-state index in [0.717, 1.165) is 22.5 Å². The molecule has 0 radical (unpaired) electrons. The molecule has 1 aromatic carbocycles. The molecule has 25 heavy (non-hydrogen) atoms. The smallest absolute Gasteiger partial charge is 0.248 e. The number of pyridine rings is 1. The number of methoxy groups -OCH3 is 1. The lowest BCUT2D eigenvalue weighted by molar-refractivity contribution is 0.416. The van der Waals surface area contributed by atoms with Gasteiger partial charge in [0.25, 0.3) is 0 Å². The molecule has 0 fully saturated rings. The van der Waals surface area contributed by atoms with Gasteiger partial charge in [-0.25, -0.2) is 9.50 Å². The van der Waals surface area contributed by atoms with E-state index in [9.17, 15) is 4.79 Å². The maximum absolute atomic E-state index is 11.1. The third-order valence-electron chi connectivity index (χ3n) is 3.82. The van der Waals surface area contributed by atoms with Gasteiger partial charge in [0, 0.05) is 17.8 Å². The zero-order valence-corrected chi connectivity index (χ0v) is 13.4. The molecule has 0 bridgehead atoms. The molecule has 0 aliphatic carbocycles. The first-order chi connectivity index (χ1) is 12.2. The molecule has 2 N–H and O–H groups in total. The van der Waals surface area contributed by atoms with Crippen molar-refractivity contribution in [2.75, 3.05) is 12.4 Å². The van der Waals surface area contributed by atoms with Gasteiger partial charge in [0.1, 0.15) is 5.75 Å². The third kappa shape index (κ3) is 2.83. The summed E-state index contributed by atoms with van der Waals surface area (Å²) in [4.78, 5) is 18.1. The molecule has 0 saturated heterocycles. The van der Waals surface area contributed by atoms with Gasteiger partial charge >= 0.3 is 0 Å². The molecule has 0 saturated carbocycles. The quantitative estimate of drug-likeness (QED) is 0.600. The highest BCUT2D eigenvalue weighted by Gasteiger charge is 2.11. The number of rotatable bonds is 4. The molecule has 0 aliphatic heterocycles. The van der Waals surface area contributed by atoms with Gasteiger partial charge < -0.3 is 15.0 Å². The summed E-state index contributed by atoms with van der Waals surface area (Å²) in [7, 11) is 1.65. The van der Waals surface area contributed by atoms with Crippen LogP contribution in [-0.2, 0) is 0 Å². The summed E-state index contributed by atoms with van der Waals surface area (Å²) in [5.74, 6) is 1.20. The van der Waals surface area contributed by atoms with E-state index in [1.807, 2.05) is 36.4 Å². The van der Waals surface area contributed by atoms with Crippen molar-refractivity contribution in [3.05, 3.63) is 71.3 Å². The second kappa shape index (κ2) is 6.12. The highest BCUT2D eigenvalue weighted by atomic mass is 16.5. The molecule has 0 atom stereocenters. The van der Waals surface area contributed by atoms with Crippen molar-refractivity contribution in [2.24, 2.45) is 0 Å². The maximum Gasteiger partial charge on any atom is 0.248 e. The molecule has 0 spiro atoms. The van der Waals surface area contributed by atoms with E-state index in [4.69, 9.17) is 4.74 Å². The van der Waals surface area contributed by atoms with E-state index < -0.39 is 0 Å². The number of nitrogens with zero attached hydrogens (tertiary/aromatic N) is 3. The monoisotopic (exact) mass is 333 g/mol. The van der Waals surface area contributed by atoms with Crippen molar-refractivity contribution in [3.8, 4) is 17.0 Å². The van der Waals surface area contributed by atoms with Crippen molar-refractivity contribution in [1.82, 2.24) is 19.6 Å². The van der Waals surface area contributed by atoms with Gasteiger partial charge in [-0.1, -0.05) is 12.1 Å². The van der Waals surface area contributed by atoms with E-state index in [1.165, 1.54) is 6.07 Å². The minimum atomic E-state index is -0.161. The van der Waals surface area contributed by atoms with Crippen LogP contribution in [0.2, 0.25) is 0 Å². The molecule has 0 amide bonds. The molecular weight excluding hydrogens is 318 g/mol. The SMILES string of the molecule is COc1ccccc1-c1ccc2cnc(Nc3ccc(=O)[nH]c3)nn12. The topological polar surface area (TPSA) is 84.3 Å². The lowest BCUT2D eigenvalue weighted by atomic mass is 10.1. The molecule has 4 rings (SSSR count). The Hall–Kier alpha value is -3.61. The molecule has 0 unspecified atom stereocenters. The average molecular weight is 333 g/mol. The molecule has 0 aliphatic rings. The zero-order chi connectivity index (χ0) is 17.2. The van der Waals surface area contributed by atoms with E-state index in [1.54, 1.807) is 30.1 Å². The fourth-order valence-electron chi connectivity index (χ4n) is 2.64. The summed E-state index contributed by atoms with van der Waals surface area (Å²) in [6.45, 7) is 0. The summed E-state index contributed by atoms with van der Waals surface area (Å²) >= 11 is 0. The van der Waals surface area contributed by atoms with Crippen LogP contribution in [0.15, 0.2) is 65.7 Å². The standard InChI is InChI=1S/C18H15N5O2/c1-25-16-5-3-2-4-14(16)15-8-7-13-11-20-18(22-23(13)15)21-12-6-9-17(24)19-10-12/h2-11H,1H3,(H,19,24)(H,21,22). The molecule has 7 nitrogen and oxygen atoms in total. The van der Waals surface area contributed by atoms with E-state index in [2.05, 4.69) is 20.4 Å². The molecule has 124 valence electrons. The van der Waals surface area contributed by atoms with Crippen molar-refractivity contribution in [3.63, 3.8) is 0 Å². The Kier molecular flexibility index (Phi) is 3.66. The van der Waals surface area contributed by atoms with Gasteiger partial charge in [-0.2, -0.15) is 0 Å². The minimum Gasteiger partial charge on any atom is -0.496 e. The van der Waals surface area contributed by atoms with Gasteiger partial charge in [-0.3, -0.25) is 4.79 Å². The zero-order valence-electron chi connectivity index (χ0n) is 13.4. The molecule has 3 aromatic heterocycles. The first kappa shape index (κ1) is 14.9. The number of H-pyrrole nitrogens is 1. The summed E-state index contributed by atoms with van der Waals surface area (Å²) in [5, 5.41) is 7.63. The molecule has 3 heterocycles. The highest BCUT2D eigenvalue weighted by Crippen LogP contribution is 2.30. The Morgan fingerprint density at radius 1 is 1.12 bits per heavy atom. The lowest BCUT2D eigenvalue weighted by Gasteiger charge is -2.09. The van der Waals surface area contributed by atoms with Crippen molar-refractivity contribution in [2.45, 2.75) is 0 Å². The first-order valence-electron chi connectivity index (χ1n) is 7.68. The minimum absolute atomic E-state index is 0.161. The first-order valence-corrected chi connectivity index (χ1v) is 7.68. The predicted molar refractivity (Wildman–Crippen MR) is 95.3 cm³/mol. The van der Waals surface area contributed by atoms with E-state index in [0.29, 0.717) is 11.6 Å². The van der Waals surface area contributed by atoms with Crippen LogP contribution in [0.25, 0.3) is 16.8 Å². The number of hydrogen-bond donors (Lipinski definition) is 2. The van der Waals surface area contributed by atoms with Gasteiger partial charge in [-0.05, 0) is 30.3 Å². The number of hydrogen-bond acceptors (Lipinski definition) is 5. The summed E-state index contributed by atoms with van der Waals surface area (Å²) in [5.41, 5.74) is 3.25. The second-order valence-corrected chi connectivity index (χ2v) is 5.40. The van der Waals surface area contributed by atoms with Crippen LogP contribution in [0.1, 0.15) is 0 Å². The number of nitrogens with one attached hydrogen (secondary N) is 2. The average Bonchev–Trinajstić information content (AvgIpc) is 3.06. The number of fused-ring (bicyclic) bond motifs is 1. The molecule has 4 aromatic rings. The Bertz CT molecular complexity index is 1080. The third-order valence-corrected chi connectivity index (χ3v) is 3.82. The number of para-hydroxylation sites is 1. The fourth-order valence-corrected chi connectivity index (χ4v) is 2.64. The van der Waals surface area contributed by atoms with Crippen LogP contribution in [0.3, 0.4) is 0 Å². The Labute approximate surface area is 142 Å². The number of ether oxygens (including phenoxy) is 1. The van der Waals surface area contributed by atoms with Gasteiger partial charge in [0.05, 0.1) is 30.2 Å². The largest absolute Gasteiger partial charge is 0.496 e. The number of benzene rings is 1. The Morgan fingerprint density at radius 2 is 2.00 bits per heavy atom. The summed E-state index contributed by atoms with van der Waals surface area (Å²) in [6.07, 6.45) is 3.31. The number of anilines is 2. The lowest BCUT2D eigenvalue weighted by Crippen LogP contribution is -2.06. The van der Waals surface area contributed by atoms with Crippen LogP contribution in [-0.4, -0.2) is 26.7 Å². The summed E-state index contributed by atoms with van der Waals surface area (Å²) in [6, 6.07) is 14.8. The van der Waals surface area contributed by atoms with Gasteiger partial charge in [0.2, 0.25) is 11.5 Å². The van der Waals surface area contributed by atoms with Crippen molar-refractivity contribution < 1.29 is 4.74 Å². The molecular formula is C18H15N5O2. The van der Waals surface area contributed by atoms with Crippen LogP contribution in [0.5, 0.6) is 5.75 Å². The summed E-state index contributed by atoms with van der Waals surface area (Å²) < 4.78 is 7.25. The Balaban J connectivity index is 1.77. The van der Waals surface area contributed by atoms with Crippen molar-refractivity contribution >= 4 is 17.2 Å². The van der Waals surface area contributed by atoms with E-state index >= 15 is 0 Å². The number of aromatic amines is 1. The molecule has 7 heteroatoms.